The van der Waals surface area contributed by atoms with Gasteiger partial charge in [0.15, 0.2) is 6.10 Å². The first kappa shape index (κ1) is 16.0. The Hall–Kier alpha value is -1.92. The Morgan fingerprint density at radius 3 is 3.09 bits per heavy atom. The number of nitrogens with zero attached hydrogens (tertiary/aromatic N) is 1. The summed E-state index contributed by atoms with van der Waals surface area (Å²) in [7, 11) is 0. The molecule has 0 saturated heterocycles. The van der Waals surface area contributed by atoms with Gasteiger partial charge in [0, 0.05) is 11.3 Å². The minimum atomic E-state index is -0.605. The molecule has 3 rings (SSSR count). The number of rotatable bonds is 7. The molecule has 0 aliphatic heterocycles. The van der Waals surface area contributed by atoms with E-state index in [1.54, 1.807) is 42.5 Å². The summed E-state index contributed by atoms with van der Waals surface area (Å²) < 4.78 is 5.62. The highest BCUT2D eigenvalue weighted by Crippen LogP contribution is 2.40. The van der Waals surface area contributed by atoms with E-state index in [9.17, 15) is 4.79 Å². The van der Waals surface area contributed by atoms with Crippen LogP contribution in [-0.4, -0.2) is 22.1 Å². The van der Waals surface area contributed by atoms with Crippen LogP contribution in [0.5, 0.6) is 5.75 Å². The summed E-state index contributed by atoms with van der Waals surface area (Å²) in [6.45, 7) is 2.09. The van der Waals surface area contributed by atoms with Crippen molar-refractivity contribution in [1.82, 2.24) is 10.3 Å². The molecular weight excluding hydrogens is 312 g/mol. The van der Waals surface area contributed by atoms with Crippen molar-refractivity contribution in [2.75, 3.05) is 0 Å². The van der Waals surface area contributed by atoms with E-state index in [-0.39, 0.29) is 12.5 Å². The van der Waals surface area contributed by atoms with Crippen LogP contribution < -0.4 is 10.1 Å². The topological polar surface area (TPSA) is 71.5 Å². The van der Waals surface area contributed by atoms with Gasteiger partial charge in [-0.2, -0.15) is 0 Å². The van der Waals surface area contributed by atoms with Gasteiger partial charge in [0.25, 0.3) is 5.91 Å². The molecule has 122 valence electrons. The molecule has 1 saturated carbocycles. The number of aliphatic hydroxyl groups is 1. The predicted octanol–water partition coefficient (Wildman–Crippen LogP) is 2.60. The Bertz CT molecular complexity index is 682. The smallest absolute Gasteiger partial charge is 0.261 e. The highest BCUT2D eigenvalue weighted by Gasteiger charge is 2.26. The van der Waals surface area contributed by atoms with Gasteiger partial charge in [-0.1, -0.05) is 12.1 Å². The molecule has 1 amide bonds. The van der Waals surface area contributed by atoms with Crippen molar-refractivity contribution in [3.05, 3.63) is 45.9 Å². The number of amides is 1. The Morgan fingerprint density at radius 1 is 1.52 bits per heavy atom. The summed E-state index contributed by atoms with van der Waals surface area (Å²) in [5.74, 6) is 1.03. The maximum atomic E-state index is 12.1. The zero-order chi connectivity index (χ0) is 16.2. The standard InChI is InChI=1S/C17H20N2O3S/c1-11(22-14-4-2-3-12(7-14)9-20)17(21)18-8-16-19-15(10-23-16)13-5-6-13/h2-4,7,10-11,13,20H,5-6,8-9H2,1H3,(H,18,21). The van der Waals surface area contributed by atoms with Crippen molar-refractivity contribution in [2.24, 2.45) is 0 Å². The van der Waals surface area contributed by atoms with E-state index < -0.39 is 6.10 Å². The number of thiazole rings is 1. The number of ether oxygens (including phenoxy) is 1. The maximum Gasteiger partial charge on any atom is 0.261 e. The molecule has 0 bridgehead atoms. The highest BCUT2D eigenvalue weighted by atomic mass is 32.1. The first-order valence-corrected chi connectivity index (χ1v) is 8.62. The molecule has 1 aromatic carbocycles. The van der Waals surface area contributed by atoms with Crippen LogP contribution in [0.3, 0.4) is 0 Å². The van der Waals surface area contributed by atoms with Crippen LogP contribution in [0.25, 0.3) is 0 Å². The average Bonchev–Trinajstić information content (AvgIpc) is 3.31. The van der Waals surface area contributed by atoms with E-state index in [2.05, 4.69) is 15.7 Å². The van der Waals surface area contributed by atoms with Crippen LogP contribution >= 0.6 is 11.3 Å². The van der Waals surface area contributed by atoms with Gasteiger partial charge >= 0.3 is 0 Å². The zero-order valence-corrected chi connectivity index (χ0v) is 13.8. The molecule has 0 radical (unpaired) electrons. The van der Waals surface area contributed by atoms with Crippen LogP contribution in [0.4, 0.5) is 0 Å². The lowest BCUT2D eigenvalue weighted by atomic mass is 10.2. The fourth-order valence-electron chi connectivity index (χ4n) is 2.25. The van der Waals surface area contributed by atoms with Crippen molar-refractivity contribution in [3.8, 4) is 5.75 Å². The lowest BCUT2D eigenvalue weighted by Crippen LogP contribution is -2.35. The fourth-order valence-corrected chi connectivity index (χ4v) is 3.07. The SMILES string of the molecule is CC(Oc1cccc(CO)c1)C(=O)NCc1nc(C2CC2)cs1. The number of carbonyl (C=O) groups excluding carboxylic acids is 1. The highest BCUT2D eigenvalue weighted by molar-refractivity contribution is 7.09. The molecule has 5 nitrogen and oxygen atoms in total. The molecule has 1 heterocycles. The molecule has 0 spiro atoms. The summed E-state index contributed by atoms with van der Waals surface area (Å²) in [5, 5.41) is 15.0. The predicted molar refractivity (Wildman–Crippen MR) is 88.4 cm³/mol. The molecule has 2 N–H and O–H groups in total. The number of benzene rings is 1. The van der Waals surface area contributed by atoms with Gasteiger partial charge in [-0.05, 0) is 37.5 Å². The Balaban J connectivity index is 1.50. The van der Waals surface area contributed by atoms with Crippen molar-refractivity contribution in [3.63, 3.8) is 0 Å². The van der Waals surface area contributed by atoms with Gasteiger partial charge in [0.05, 0.1) is 18.8 Å². The zero-order valence-electron chi connectivity index (χ0n) is 13.0. The first-order chi connectivity index (χ1) is 11.2. The molecule has 2 aromatic rings. The van der Waals surface area contributed by atoms with Gasteiger partial charge in [0.2, 0.25) is 0 Å². The molecule has 23 heavy (non-hydrogen) atoms. The second-order valence-electron chi connectivity index (χ2n) is 5.72. The molecule has 1 aromatic heterocycles. The largest absolute Gasteiger partial charge is 0.481 e. The van der Waals surface area contributed by atoms with E-state index in [1.165, 1.54) is 12.8 Å². The first-order valence-electron chi connectivity index (χ1n) is 7.74. The number of hydrogen-bond acceptors (Lipinski definition) is 5. The monoisotopic (exact) mass is 332 g/mol. The minimum Gasteiger partial charge on any atom is -0.481 e. The van der Waals surface area contributed by atoms with Gasteiger partial charge in [-0.3, -0.25) is 4.79 Å². The lowest BCUT2D eigenvalue weighted by Gasteiger charge is -2.14. The molecule has 1 aliphatic carbocycles. The van der Waals surface area contributed by atoms with Crippen LogP contribution in [0.2, 0.25) is 0 Å². The number of nitrogens with one attached hydrogen (secondary N) is 1. The number of hydrogen-bond donors (Lipinski definition) is 2. The number of aliphatic hydroxyl groups excluding tert-OH is 1. The molecule has 1 unspecified atom stereocenters. The average molecular weight is 332 g/mol. The van der Waals surface area contributed by atoms with Gasteiger partial charge in [-0.15, -0.1) is 11.3 Å². The van der Waals surface area contributed by atoms with Crippen LogP contribution in [0, 0.1) is 0 Å². The third kappa shape index (κ3) is 4.30. The van der Waals surface area contributed by atoms with Gasteiger partial charge in [-0.25, -0.2) is 4.98 Å². The third-order valence-electron chi connectivity index (χ3n) is 3.74. The van der Waals surface area contributed by atoms with Crippen molar-refractivity contribution >= 4 is 17.2 Å². The Morgan fingerprint density at radius 2 is 2.35 bits per heavy atom. The normalized spacial score (nSPS) is 15.2. The molecular formula is C17H20N2O3S. The number of carbonyl (C=O) groups is 1. The van der Waals surface area contributed by atoms with Crippen molar-refractivity contribution in [2.45, 2.75) is 44.9 Å². The summed E-state index contributed by atoms with van der Waals surface area (Å²) in [6.07, 6.45) is 1.85. The van der Waals surface area contributed by atoms with E-state index in [1.807, 2.05) is 0 Å². The van der Waals surface area contributed by atoms with Crippen LogP contribution in [0.15, 0.2) is 29.6 Å². The van der Waals surface area contributed by atoms with Crippen LogP contribution in [-0.2, 0) is 17.9 Å². The molecule has 1 fully saturated rings. The van der Waals surface area contributed by atoms with E-state index in [0.29, 0.717) is 18.2 Å². The summed E-state index contributed by atoms with van der Waals surface area (Å²) >= 11 is 1.59. The molecule has 6 heteroatoms. The van der Waals surface area contributed by atoms with Crippen molar-refractivity contribution in [1.29, 1.82) is 0 Å². The summed E-state index contributed by atoms with van der Waals surface area (Å²) in [4.78, 5) is 16.7. The maximum absolute atomic E-state index is 12.1. The minimum absolute atomic E-state index is 0.0504. The van der Waals surface area contributed by atoms with E-state index in [0.717, 1.165) is 16.3 Å². The van der Waals surface area contributed by atoms with E-state index in [4.69, 9.17) is 9.84 Å². The fraction of sp³-hybridized carbons (Fsp3) is 0.412. The second-order valence-corrected chi connectivity index (χ2v) is 6.67. The van der Waals surface area contributed by atoms with Crippen LogP contribution in [0.1, 0.15) is 41.9 Å². The van der Waals surface area contributed by atoms with E-state index >= 15 is 0 Å². The molecule has 1 aliphatic rings. The lowest BCUT2D eigenvalue weighted by molar-refractivity contribution is -0.127. The van der Waals surface area contributed by atoms with Crippen molar-refractivity contribution < 1.29 is 14.6 Å². The Kier molecular flexibility index (Phi) is 4.93. The summed E-state index contributed by atoms with van der Waals surface area (Å²) in [6, 6.07) is 7.09. The molecule has 1 atom stereocenters. The third-order valence-corrected chi connectivity index (χ3v) is 4.61. The van der Waals surface area contributed by atoms with Gasteiger partial charge < -0.3 is 15.2 Å². The number of aromatic nitrogens is 1. The Labute approximate surface area is 139 Å². The summed E-state index contributed by atoms with van der Waals surface area (Å²) in [5.41, 5.74) is 1.91. The second kappa shape index (κ2) is 7.10. The van der Waals surface area contributed by atoms with Gasteiger partial charge in [0.1, 0.15) is 10.8 Å². The quantitative estimate of drug-likeness (QED) is 0.817.